The monoisotopic (exact) mass is 717 g/mol. The molecule has 8 rings (SSSR count). The molecule has 2 aromatic carbocycles. The molecule has 3 aliphatic rings. The summed E-state index contributed by atoms with van der Waals surface area (Å²) in [5.74, 6) is 0.613. The molecule has 2 fully saturated rings. The van der Waals surface area contributed by atoms with Crippen LogP contribution in [0.25, 0.3) is 33.2 Å². The number of nitrogens with zero attached hydrogens (tertiary/aromatic N) is 5. The molecule has 50 heavy (non-hydrogen) atoms. The van der Waals surface area contributed by atoms with E-state index in [9.17, 15) is 18.4 Å². The van der Waals surface area contributed by atoms with Gasteiger partial charge in [-0.05, 0) is 43.0 Å². The Labute approximate surface area is 295 Å². The number of aromatic nitrogens is 4. The van der Waals surface area contributed by atoms with Crippen LogP contribution in [0.1, 0.15) is 48.6 Å². The third kappa shape index (κ3) is 5.37. The molecule has 2 N–H and O–H groups in total. The van der Waals surface area contributed by atoms with E-state index < -0.39 is 17.7 Å². The zero-order chi connectivity index (χ0) is 34.9. The van der Waals surface area contributed by atoms with Gasteiger partial charge in [0, 0.05) is 60.2 Å². The fraction of sp³-hybridized carbons (Fsp3) is 0.306. The largest absolute Gasteiger partial charge is 0.481 e. The number of pyridine rings is 2. The molecule has 1 spiro atoms. The standard InChI is InChI=1S/C36H31Cl2F2N7O3/c1-46-35(49)29-19(15-41-46)14-25(32(39)40)43-33(29)42-23-8-4-6-21(31(23)38)20-5-3-7-22(30(20)37)24-13-18-9-10-26(28(18)34(44-24)50-2)47-16-36(17-47)12-11-27(48)45-36/h3-8,13-15,26,32H,9-12,16-17H2,1-2H3,(H,42,43)(H,45,48). The van der Waals surface area contributed by atoms with Gasteiger partial charge < -0.3 is 15.4 Å². The van der Waals surface area contributed by atoms with Crippen LogP contribution in [0.2, 0.25) is 10.0 Å². The molecule has 0 radical (unpaired) electrons. The summed E-state index contributed by atoms with van der Waals surface area (Å²) in [6.45, 7) is 1.63. The number of rotatable bonds is 7. The van der Waals surface area contributed by atoms with E-state index in [2.05, 4.69) is 31.7 Å². The van der Waals surface area contributed by atoms with Crippen LogP contribution in [-0.4, -0.2) is 56.3 Å². The molecule has 2 saturated heterocycles. The Balaban J connectivity index is 1.13. The topological polar surface area (TPSA) is 114 Å². The quantitative estimate of drug-likeness (QED) is 0.185. The first-order valence-electron chi connectivity index (χ1n) is 16.2. The zero-order valence-corrected chi connectivity index (χ0v) is 28.6. The summed E-state index contributed by atoms with van der Waals surface area (Å²) in [4.78, 5) is 36.3. The number of carbonyl (C=O) groups is 1. The molecule has 1 unspecified atom stereocenters. The molecule has 3 aromatic heterocycles. The number of benzene rings is 2. The van der Waals surface area contributed by atoms with E-state index in [1.54, 1.807) is 25.3 Å². The van der Waals surface area contributed by atoms with Crippen LogP contribution in [0.3, 0.4) is 0 Å². The van der Waals surface area contributed by atoms with Gasteiger partial charge in [-0.15, -0.1) is 0 Å². The van der Waals surface area contributed by atoms with Crippen LogP contribution in [0, 0.1) is 0 Å². The van der Waals surface area contributed by atoms with Crippen LogP contribution in [0.4, 0.5) is 20.3 Å². The number of aryl methyl sites for hydroxylation is 2. The highest BCUT2D eigenvalue weighted by Gasteiger charge is 2.51. The van der Waals surface area contributed by atoms with Crippen molar-refractivity contribution in [3.63, 3.8) is 0 Å². The number of alkyl halides is 2. The molecule has 256 valence electrons. The summed E-state index contributed by atoms with van der Waals surface area (Å²) in [7, 11) is 3.09. The van der Waals surface area contributed by atoms with E-state index in [0.717, 1.165) is 54.2 Å². The maximum atomic E-state index is 13.8. The number of likely N-dealkylation sites (tertiary alicyclic amines) is 1. The molecule has 0 saturated carbocycles. The SMILES string of the molecule is COc1nc(-c2cccc(-c3cccc(Nc4nc(C(F)F)cc5cnn(C)c(=O)c45)c3Cl)c2Cl)cc2c1C(N1CC3(CCC(=O)N3)C1)CC2. The molecular formula is C36H31Cl2F2N7O3. The molecule has 2 aliphatic heterocycles. The molecule has 14 heteroatoms. The van der Waals surface area contributed by atoms with Gasteiger partial charge in [0.2, 0.25) is 11.8 Å². The van der Waals surface area contributed by atoms with Gasteiger partial charge in [0.15, 0.2) is 0 Å². The van der Waals surface area contributed by atoms with Crippen molar-refractivity contribution >= 4 is 51.4 Å². The first kappa shape index (κ1) is 32.5. The van der Waals surface area contributed by atoms with Gasteiger partial charge in [0.1, 0.15) is 11.5 Å². The van der Waals surface area contributed by atoms with Gasteiger partial charge in [-0.1, -0.05) is 53.5 Å². The first-order chi connectivity index (χ1) is 24.1. The molecular weight excluding hydrogens is 687 g/mol. The van der Waals surface area contributed by atoms with Crippen molar-refractivity contribution in [2.75, 3.05) is 25.5 Å². The summed E-state index contributed by atoms with van der Waals surface area (Å²) in [5.41, 5.74) is 4.00. The number of hydrogen-bond acceptors (Lipinski definition) is 8. The van der Waals surface area contributed by atoms with Crippen LogP contribution < -0.4 is 20.9 Å². The number of anilines is 2. The third-order valence-electron chi connectivity index (χ3n) is 10.00. The molecule has 1 amide bonds. The highest BCUT2D eigenvalue weighted by molar-refractivity contribution is 6.39. The number of amides is 1. The highest BCUT2D eigenvalue weighted by atomic mass is 35.5. The Morgan fingerprint density at radius 1 is 1.02 bits per heavy atom. The normalized spacial score (nSPS) is 18.1. The smallest absolute Gasteiger partial charge is 0.280 e. The summed E-state index contributed by atoms with van der Waals surface area (Å²) in [6.07, 6.45) is 1.71. The average Bonchev–Trinajstić information content (AvgIpc) is 3.70. The van der Waals surface area contributed by atoms with Crippen molar-refractivity contribution in [3.8, 4) is 28.3 Å². The maximum Gasteiger partial charge on any atom is 0.280 e. The minimum atomic E-state index is -2.87. The lowest BCUT2D eigenvalue weighted by atomic mass is 9.86. The van der Waals surface area contributed by atoms with Gasteiger partial charge in [-0.2, -0.15) is 5.10 Å². The van der Waals surface area contributed by atoms with Crippen molar-refractivity contribution in [3.05, 3.63) is 91.9 Å². The van der Waals surface area contributed by atoms with Gasteiger partial charge in [0.25, 0.3) is 12.0 Å². The third-order valence-corrected chi connectivity index (χ3v) is 10.8. The van der Waals surface area contributed by atoms with Crippen molar-refractivity contribution < 1.29 is 18.3 Å². The van der Waals surface area contributed by atoms with E-state index in [1.165, 1.54) is 13.2 Å². The van der Waals surface area contributed by atoms with Crippen molar-refractivity contribution in [1.29, 1.82) is 0 Å². The van der Waals surface area contributed by atoms with Gasteiger partial charge in [-0.3, -0.25) is 14.5 Å². The van der Waals surface area contributed by atoms with E-state index in [4.69, 9.17) is 32.9 Å². The van der Waals surface area contributed by atoms with E-state index >= 15 is 0 Å². The minimum Gasteiger partial charge on any atom is -0.481 e. The summed E-state index contributed by atoms with van der Waals surface area (Å²) < 4.78 is 34.5. The van der Waals surface area contributed by atoms with Gasteiger partial charge >= 0.3 is 0 Å². The Hall–Kier alpha value is -4.65. The second-order valence-corrected chi connectivity index (χ2v) is 13.8. The number of hydrogen-bond donors (Lipinski definition) is 2. The Morgan fingerprint density at radius 2 is 1.76 bits per heavy atom. The molecule has 0 bridgehead atoms. The molecule has 1 atom stereocenters. The van der Waals surface area contributed by atoms with Gasteiger partial charge in [0.05, 0.1) is 45.7 Å². The Kier molecular flexibility index (Phi) is 8.00. The minimum absolute atomic E-state index is 0.0613. The number of fused-ring (bicyclic) bond motifs is 2. The number of carbonyl (C=O) groups excluding carboxylic acids is 1. The number of methoxy groups -OCH3 is 1. The second-order valence-electron chi connectivity index (χ2n) is 13.1. The lowest BCUT2D eigenvalue weighted by Gasteiger charge is -2.50. The molecule has 5 aromatic rings. The van der Waals surface area contributed by atoms with E-state index in [1.807, 2.05) is 18.2 Å². The van der Waals surface area contributed by atoms with Gasteiger partial charge in [-0.25, -0.2) is 23.4 Å². The number of nitrogens with one attached hydrogen (secondary N) is 2. The van der Waals surface area contributed by atoms with E-state index in [-0.39, 0.29) is 39.1 Å². The second kappa shape index (κ2) is 12.3. The van der Waals surface area contributed by atoms with Crippen LogP contribution >= 0.6 is 23.2 Å². The molecule has 5 heterocycles. The lowest BCUT2D eigenvalue weighted by molar-refractivity contribution is -0.121. The number of halogens is 4. The number of ether oxygens (including phenoxy) is 1. The predicted molar refractivity (Wildman–Crippen MR) is 187 cm³/mol. The van der Waals surface area contributed by atoms with Crippen molar-refractivity contribution in [2.24, 2.45) is 7.05 Å². The zero-order valence-electron chi connectivity index (χ0n) is 27.1. The van der Waals surface area contributed by atoms with Crippen LogP contribution in [-0.2, 0) is 18.3 Å². The average molecular weight is 719 g/mol. The summed E-state index contributed by atoms with van der Waals surface area (Å²) in [5, 5.41) is 11.2. The van der Waals surface area contributed by atoms with Crippen molar-refractivity contribution in [2.45, 2.75) is 43.7 Å². The van der Waals surface area contributed by atoms with Crippen LogP contribution in [0.15, 0.2) is 59.5 Å². The summed E-state index contributed by atoms with van der Waals surface area (Å²) in [6, 6.07) is 14.2. The Morgan fingerprint density at radius 3 is 2.48 bits per heavy atom. The van der Waals surface area contributed by atoms with E-state index in [0.29, 0.717) is 45.4 Å². The molecule has 1 aliphatic carbocycles. The highest BCUT2D eigenvalue weighted by Crippen LogP contribution is 2.48. The van der Waals surface area contributed by atoms with Crippen LogP contribution in [0.5, 0.6) is 5.88 Å². The first-order valence-corrected chi connectivity index (χ1v) is 16.9. The predicted octanol–water partition coefficient (Wildman–Crippen LogP) is 7.01. The summed E-state index contributed by atoms with van der Waals surface area (Å²) >= 11 is 14.1. The lowest BCUT2D eigenvalue weighted by Crippen LogP contribution is -2.67. The fourth-order valence-electron chi connectivity index (χ4n) is 7.58. The Bertz CT molecular complexity index is 2280. The fourth-order valence-corrected chi connectivity index (χ4v) is 8.18. The van der Waals surface area contributed by atoms with Crippen molar-refractivity contribution in [1.82, 2.24) is 30.0 Å². The molecule has 10 nitrogen and oxygen atoms in total. The maximum absolute atomic E-state index is 13.8.